The Balaban J connectivity index is 1.59. The second-order valence-electron chi connectivity index (χ2n) is 7.88. The first-order valence-electron chi connectivity index (χ1n) is 11.0. The maximum absolute atomic E-state index is 12.9. The normalized spacial score (nSPS) is 10.4. The molecule has 4 aromatic rings. The van der Waals surface area contributed by atoms with Crippen LogP contribution in [0.4, 0.5) is 11.4 Å². The van der Waals surface area contributed by atoms with E-state index in [-0.39, 0.29) is 39.6 Å². The summed E-state index contributed by atoms with van der Waals surface area (Å²) in [4.78, 5) is 49.6. The van der Waals surface area contributed by atoms with Gasteiger partial charge in [-0.1, -0.05) is 6.07 Å². The lowest BCUT2D eigenvalue weighted by Crippen LogP contribution is -2.19. The number of carbonyl (C=O) groups is 3. The van der Waals surface area contributed by atoms with Gasteiger partial charge in [0.2, 0.25) is 5.91 Å². The third-order valence-electron chi connectivity index (χ3n) is 5.47. The Morgan fingerprint density at radius 2 is 1.46 bits per heavy atom. The molecule has 1 heterocycles. The molecule has 3 amide bonds. The van der Waals surface area contributed by atoms with Crippen LogP contribution in [0.2, 0.25) is 0 Å². The van der Waals surface area contributed by atoms with Gasteiger partial charge >= 0.3 is 0 Å². The predicted molar refractivity (Wildman–Crippen MR) is 138 cm³/mol. The molecule has 0 radical (unpaired) electrons. The first-order valence-corrected chi connectivity index (χ1v) is 11.0. The maximum atomic E-state index is 12.9. The van der Waals surface area contributed by atoms with Crippen LogP contribution in [0.25, 0.3) is 5.69 Å². The van der Waals surface area contributed by atoms with Crippen molar-refractivity contribution in [1.82, 2.24) is 4.57 Å². The van der Waals surface area contributed by atoms with Crippen LogP contribution in [0.3, 0.4) is 0 Å². The van der Waals surface area contributed by atoms with Crippen molar-refractivity contribution in [1.29, 1.82) is 0 Å². The van der Waals surface area contributed by atoms with Gasteiger partial charge in [0.15, 0.2) is 11.5 Å². The average molecular weight is 498 g/mol. The standard InChI is InChI=1S/C27H22N4O6/c1-37-23-15-18(8-12-22(23)32)27(36)30-21-14-17(25(28)34)7-11-20(21)29-26(35)16-5-9-19(10-6-16)31-13-3-2-4-24(31)33/h2-15,32H,1H3,(H2,28,34)(H,29,35)(H,30,36). The van der Waals surface area contributed by atoms with Gasteiger partial charge < -0.3 is 26.2 Å². The van der Waals surface area contributed by atoms with Crippen molar-refractivity contribution >= 4 is 29.1 Å². The Morgan fingerprint density at radius 1 is 0.811 bits per heavy atom. The third-order valence-corrected chi connectivity index (χ3v) is 5.47. The summed E-state index contributed by atoms with van der Waals surface area (Å²) in [6.07, 6.45) is 1.62. The van der Waals surface area contributed by atoms with Crippen LogP contribution in [0.5, 0.6) is 11.5 Å². The number of rotatable bonds is 7. The molecule has 0 unspecified atom stereocenters. The summed E-state index contributed by atoms with van der Waals surface area (Å²) in [5.74, 6) is -1.81. The summed E-state index contributed by atoms with van der Waals surface area (Å²) >= 11 is 0. The maximum Gasteiger partial charge on any atom is 0.255 e. The molecule has 1 aromatic heterocycles. The number of aromatic nitrogens is 1. The lowest BCUT2D eigenvalue weighted by molar-refractivity contribution is 0.0996. The van der Waals surface area contributed by atoms with Crippen LogP contribution < -0.4 is 26.7 Å². The zero-order valence-electron chi connectivity index (χ0n) is 19.6. The first-order chi connectivity index (χ1) is 17.8. The van der Waals surface area contributed by atoms with Gasteiger partial charge in [0.25, 0.3) is 17.4 Å². The number of nitrogens with two attached hydrogens (primary N) is 1. The number of nitrogens with zero attached hydrogens (tertiary/aromatic N) is 1. The highest BCUT2D eigenvalue weighted by molar-refractivity contribution is 6.11. The van der Waals surface area contributed by atoms with E-state index in [4.69, 9.17) is 10.5 Å². The van der Waals surface area contributed by atoms with Crippen molar-refractivity contribution < 1.29 is 24.2 Å². The minimum Gasteiger partial charge on any atom is -0.504 e. The first kappa shape index (κ1) is 24.7. The fraction of sp³-hybridized carbons (Fsp3) is 0.0370. The van der Waals surface area contributed by atoms with Crippen LogP contribution in [0.1, 0.15) is 31.1 Å². The number of hydrogen-bond acceptors (Lipinski definition) is 6. The van der Waals surface area contributed by atoms with Crippen molar-refractivity contribution in [3.05, 3.63) is 112 Å². The molecule has 0 saturated carbocycles. The number of methoxy groups -OCH3 is 1. The summed E-state index contributed by atoms with van der Waals surface area (Å²) < 4.78 is 6.48. The monoisotopic (exact) mass is 498 g/mol. The van der Waals surface area contributed by atoms with Crippen molar-refractivity contribution in [3.8, 4) is 17.2 Å². The number of amides is 3. The molecule has 0 aliphatic heterocycles. The van der Waals surface area contributed by atoms with E-state index in [1.54, 1.807) is 42.6 Å². The molecule has 0 fully saturated rings. The van der Waals surface area contributed by atoms with Gasteiger partial charge in [-0.05, 0) is 66.7 Å². The number of carbonyl (C=O) groups excluding carboxylic acids is 3. The average Bonchev–Trinajstić information content (AvgIpc) is 2.90. The lowest BCUT2D eigenvalue weighted by Gasteiger charge is -2.14. The number of anilines is 2. The summed E-state index contributed by atoms with van der Waals surface area (Å²) in [6, 6.07) is 19.4. The van der Waals surface area contributed by atoms with Gasteiger partial charge in [0, 0.05) is 34.6 Å². The number of nitrogens with one attached hydrogen (secondary N) is 2. The molecule has 5 N–H and O–H groups in total. The van der Waals surface area contributed by atoms with Crippen LogP contribution in [0, 0.1) is 0 Å². The molecule has 186 valence electrons. The largest absolute Gasteiger partial charge is 0.504 e. The molecular formula is C27H22N4O6. The highest BCUT2D eigenvalue weighted by atomic mass is 16.5. The van der Waals surface area contributed by atoms with E-state index in [9.17, 15) is 24.3 Å². The molecule has 3 aromatic carbocycles. The number of hydrogen-bond donors (Lipinski definition) is 4. The van der Waals surface area contributed by atoms with Crippen molar-refractivity contribution in [3.63, 3.8) is 0 Å². The molecule has 4 rings (SSSR count). The fourth-order valence-electron chi connectivity index (χ4n) is 3.53. The number of aromatic hydroxyl groups is 1. The summed E-state index contributed by atoms with van der Waals surface area (Å²) in [7, 11) is 1.35. The Labute approximate surface area is 210 Å². The molecular weight excluding hydrogens is 476 g/mol. The number of ether oxygens (including phenoxy) is 1. The van der Waals surface area contributed by atoms with Crippen LogP contribution >= 0.6 is 0 Å². The van der Waals surface area contributed by atoms with Crippen LogP contribution in [-0.4, -0.2) is 34.5 Å². The fourth-order valence-corrected chi connectivity index (χ4v) is 3.53. The Morgan fingerprint density at radius 3 is 2.14 bits per heavy atom. The van der Waals surface area contributed by atoms with Gasteiger partial charge in [-0.15, -0.1) is 0 Å². The molecule has 0 atom stereocenters. The molecule has 37 heavy (non-hydrogen) atoms. The Hall–Kier alpha value is -5.38. The van der Waals surface area contributed by atoms with E-state index in [0.29, 0.717) is 11.3 Å². The second-order valence-corrected chi connectivity index (χ2v) is 7.88. The number of pyridine rings is 1. The molecule has 0 aliphatic rings. The van der Waals surface area contributed by atoms with Crippen molar-refractivity contribution in [2.45, 2.75) is 0 Å². The Kier molecular flexibility index (Phi) is 7.01. The molecule has 10 heteroatoms. The SMILES string of the molecule is COc1cc(C(=O)Nc2cc(C(N)=O)ccc2NC(=O)c2ccc(-n3ccccc3=O)cc2)ccc1O. The lowest BCUT2D eigenvalue weighted by atomic mass is 10.1. The van der Waals surface area contributed by atoms with Gasteiger partial charge in [-0.2, -0.15) is 0 Å². The molecule has 0 saturated heterocycles. The van der Waals surface area contributed by atoms with Crippen LogP contribution in [-0.2, 0) is 0 Å². The minimum absolute atomic E-state index is 0.105. The summed E-state index contributed by atoms with van der Waals surface area (Å²) in [6.45, 7) is 0. The van der Waals surface area contributed by atoms with Gasteiger partial charge in [-0.3, -0.25) is 23.7 Å². The van der Waals surface area contributed by atoms with Crippen molar-refractivity contribution in [2.24, 2.45) is 5.73 Å². The predicted octanol–water partition coefficient (Wildman–Crippen LogP) is 3.16. The van der Waals surface area contributed by atoms with Gasteiger partial charge in [-0.25, -0.2) is 0 Å². The van der Waals surface area contributed by atoms with E-state index in [0.717, 1.165) is 0 Å². The topological polar surface area (TPSA) is 153 Å². The molecule has 0 aliphatic carbocycles. The van der Waals surface area contributed by atoms with E-state index in [1.807, 2.05) is 0 Å². The van der Waals surface area contributed by atoms with E-state index >= 15 is 0 Å². The van der Waals surface area contributed by atoms with Gasteiger partial charge in [0.1, 0.15) is 0 Å². The zero-order chi connectivity index (χ0) is 26.5. The highest BCUT2D eigenvalue weighted by Gasteiger charge is 2.16. The zero-order valence-corrected chi connectivity index (χ0v) is 19.6. The minimum atomic E-state index is -0.716. The second kappa shape index (κ2) is 10.5. The third kappa shape index (κ3) is 5.49. The molecule has 0 bridgehead atoms. The van der Waals surface area contributed by atoms with Crippen LogP contribution in [0.15, 0.2) is 89.9 Å². The molecule has 10 nitrogen and oxygen atoms in total. The molecule has 0 spiro atoms. The summed E-state index contributed by atoms with van der Waals surface area (Å²) in [5, 5.41) is 15.1. The highest BCUT2D eigenvalue weighted by Crippen LogP contribution is 2.28. The van der Waals surface area contributed by atoms with Gasteiger partial charge in [0.05, 0.1) is 18.5 Å². The quantitative estimate of drug-likeness (QED) is 0.307. The number of primary amides is 1. The van der Waals surface area contributed by atoms with Crippen molar-refractivity contribution in [2.75, 3.05) is 17.7 Å². The number of benzene rings is 3. The number of phenols is 1. The van der Waals surface area contributed by atoms with E-state index in [2.05, 4.69) is 10.6 Å². The smallest absolute Gasteiger partial charge is 0.255 e. The Bertz CT molecular complexity index is 1560. The number of phenolic OH excluding ortho intramolecular Hbond substituents is 1. The van der Waals surface area contributed by atoms with E-state index in [1.165, 1.54) is 54.1 Å². The van der Waals surface area contributed by atoms with E-state index < -0.39 is 17.7 Å². The summed E-state index contributed by atoms with van der Waals surface area (Å²) in [5.41, 5.74) is 6.71.